The molecule has 0 aromatic heterocycles. The van der Waals surface area contributed by atoms with Gasteiger partial charge in [0.05, 0.1) is 6.10 Å². The van der Waals surface area contributed by atoms with Crippen LogP contribution >= 0.6 is 0 Å². The summed E-state index contributed by atoms with van der Waals surface area (Å²) < 4.78 is 5.81. The van der Waals surface area contributed by atoms with Gasteiger partial charge in [-0.15, -0.1) is 0 Å². The van der Waals surface area contributed by atoms with E-state index in [1.54, 1.807) is 0 Å². The number of rotatable bonds is 6. The molecular weight excluding hydrogens is 260 g/mol. The largest absolute Gasteiger partial charge is 0.377 e. The van der Waals surface area contributed by atoms with Crippen LogP contribution in [-0.4, -0.2) is 43.3 Å². The van der Waals surface area contributed by atoms with Crippen molar-refractivity contribution in [3.63, 3.8) is 0 Å². The Morgan fingerprint density at radius 1 is 1.29 bits per heavy atom. The molecule has 1 aliphatic heterocycles. The molecule has 21 heavy (non-hydrogen) atoms. The van der Waals surface area contributed by atoms with Crippen molar-refractivity contribution in [2.75, 3.05) is 26.2 Å². The standard InChI is InChI=1S/C18H30N2O/c1-4-17(20-12-9-13-21-15(3)14-20)18(19-5-2)16-10-7-6-8-11-16/h6-8,10-11,15,17-19H,4-5,9,12-14H2,1-3H3. The Morgan fingerprint density at radius 2 is 2.05 bits per heavy atom. The Labute approximate surface area is 129 Å². The van der Waals surface area contributed by atoms with Gasteiger partial charge in [-0.2, -0.15) is 0 Å². The van der Waals surface area contributed by atoms with Gasteiger partial charge in [0.2, 0.25) is 0 Å². The summed E-state index contributed by atoms with van der Waals surface area (Å²) >= 11 is 0. The molecule has 1 N–H and O–H groups in total. The first-order valence-corrected chi connectivity index (χ1v) is 8.40. The average Bonchev–Trinajstić information content (AvgIpc) is 2.73. The van der Waals surface area contributed by atoms with Crippen molar-refractivity contribution in [2.45, 2.75) is 51.8 Å². The zero-order chi connectivity index (χ0) is 15.1. The van der Waals surface area contributed by atoms with Crippen molar-refractivity contribution in [1.29, 1.82) is 0 Å². The van der Waals surface area contributed by atoms with Crippen LogP contribution < -0.4 is 5.32 Å². The molecule has 2 rings (SSSR count). The van der Waals surface area contributed by atoms with Gasteiger partial charge in [0, 0.05) is 31.8 Å². The van der Waals surface area contributed by atoms with Crippen LogP contribution in [0.4, 0.5) is 0 Å². The Bertz CT molecular complexity index is 395. The summed E-state index contributed by atoms with van der Waals surface area (Å²) in [5, 5.41) is 3.70. The number of nitrogens with zero attached hydrogens (tertiary/aromatic N) is 1. The highest BCUT2D eigenvalue weighted by molar-refractivity contribution is 5.20. The van der Waals surface area contributed by atoms with E-state index in [4.69, 9.17) is 4.74 Å². The number of benzene rings is 1. The van der Waals surface area contributed by atoms with E-state index < -0.39 is 0 Å². The lowest BCUT2D eigenvalue weighted by molar-refractivity contribution is 0.0554. The Kier molecular flexibility index (Phi) is 6.68. The fourth-order valence-corrected chi connectivity index (χ4v) is 3.39. The molecule has 3 nitrogen and oxygen atoms in total. The van der Waals surface area contributed by atoms with Crippen LogP contribution in [0, 0.1) is 0 Å². The van der Waals surface area contributed by atoms with Crippen molar-refractivity contribution in [2.24, 2.45) is 0 Å². The molecule has 0 bridgehead atoms. The molecule has 0 aliphatic carbocycles. The first-order chi connectivity index (χ1) is 10.3. The van der Waals surface area contributed by atoms with Crippen LogP contribution in [0.3, 0.4) is 0 Å². The van der Waals surface area contributed by atoms with Gasteiger partial charge in [0.25, 0.3) is 0 Å². The van der Waals surface area contributed by atoms with E-state index in [9.17, 15) is 0 Å². The van der Waals surface area contributed by atoms with Crippen molar-refractivity contribution >= 4 is 0 Å². The number of likely N-dealkylation sites (N-methyl/N-ethyl adjacent to an activating group) is 1. The van der Waals surface area contributed by atoms with E-state index in [1.165, 1.54) is 5.56 Å². The third kappa shape index (κ3) is 4.53. The Hall–Kier alpha value is -0.900. The second-order valence-corrected chi connectivity index (χ2v) is 5.95. The van der Waals surface area contributed by atoms with Crippen LogP contribution in [0.1, 0.15) is 45.2 Å². The maximum atomic E-state index is 5.81. The molecule has 1 aromatic rings. The van der Waals surface area contributed by atoms with Crippen molar-refractivity contribution in [1.82, 2.24) is 10.2 Å². The quantitative estimate of drug-likeness (QED) is 0.870. The van der Waals surface area contributed by atoms with E-state index in [0.717, 1.165) is 39.1 Å². The van der Waals surface area contributed by atoms with Gasteiger partial charge in [0.1, 0.15) is 0 Å². The lowest BCUT2D eigenvalue weighted by Gasteiger charge is -2.37. The van der Waals surface area contributed by atoms with Crippen LogP contribution in [0.2, 0.25) is 0 Å². The molecule has 3 atom stereocenters. The molecule has 0 spiro atoms. The van der Waals surface area contributed by atoms with Crippen molar-refractivity contribution in [3.8, 4) is 0 Å². The first-order valence-electron chi connectivity index (χ1n) is 8.40. The third-order valence-corrected chi connectivity index (χ3v) is 4.34. The third-order valence-electron chi connectivity index (χ3n) is 4.34. The van der Waals surface area contributed by atoms with E-state index in [2.05, 4.69) is 61.3 Å². The fourth-order valence-electron chi connectivity index (χ4n) is 3.39. The van der Waals surface area contributed by atoms with Gasteiger partial charge in [-0.25, -0.2) is 0 Å². The highest BCUT2D eigenvalue weighted by atomic mass is 16.5. The summed E-state index contributed by atoms with van der Waals surface area (Å²) in [6, 6.07) is 11.8. The van der Waals surface area contributed by atoms with Crippen LogP contribution in [0.5, 0.6) is 0 Å². The highest BCUT2D eigenvalue weighted by Gasteiger charge is 2.28. The minimum atomic E-state index is 0.333. The number of nitrogens with one attached hydrogen (secondary N) is 1. The molecule has 0 amide bonds. The van der Waals surface area contributed by atoms with Gasteiger partial charge < -0.3 is 10.1 Å². The Balaban J connectivity index is 2.18. The second-order valence-electron chi connectivity index (χ2n) is 5.95. The van der Waals surface area contributed by atoms with Crippen LogP contribution in [-0.2, 0) is 4.74 Å². The predicted octanol–water partition coefficient (Wildman–Crippen LogP) is 3.23. The van der Waals surface area contributed by atoms with Crippen LogP contribution in [0.25, 0.3) is 0 Å². The van der Waals surface area contributed by atoms with E-state index in [1.807, 2.05) is 0 Å². The molecule has 0 radical (unpaired) electrons. The molecule has 3 unspecified atom stereocenters. The van der Waals surface area contributed by atoms with E-state index in [-0.39, 0.29) is 0 Å². The van der Waals surface area contributed by atoms with Gasteiger partial charge in [-0.05, 0) is 31.9 Å². The maximum absolute atomic E-state index is 5.81. The van der Waals surface area contributed by atoms with Gasteiger partial charge >= 0.3 is 0 Å². The van der Waals surface area contributed by atoms with E-state index in [0.29, 0.717) is 18.2 Å². The number of hydrogen-bond acceptors (Lipinski definition) is 3. The van der Waals surface area contributed by atoms with Crippen LogP contribution in [0.15, 0.2) is 30.3 Å². The van der Waals surface area contributed by atoms with Gasteiger partial charge in [-0.1, -0.05) is 44.2 Å². The normalized spacial score (nSPS) is 23.5. The smallest absolute Gasteiger partial charge is 0.0674 e. The summed E-state index contributed by atoms with van der Waals surface area (Å²) in [4.78, 5) is 2.62. The average molecular weight is 290 g/mol. The molecule has 1 aromatic carbocycles. The zero-order valence-electron chi connectivity index (χ0n) is 13.7. The molecule has 1 saturated heterocycles. The molecule has 3 heteroatoms. The summed E-state index contributed by atoms with van der Waals surface area (Å²) in [7, 11) is 0. The molecule has 0 saturated carbocycles. The summed E-state index contributed by atoms with van der Waals surface area (Å²) in [6.07, 6.45) is 2.62. The molecule has 118 valence electrons. The zero-order valence-corrected chi connectivity index (χ0v) is 13.7. The summed E-state index contributed by atoms with van der Waals surface area (Å²) in [5.74, 6) is 0. The first kappa shape index (κ1) is 16.5. The van der Waals surface area contributed by atoms with E-state index >= 15 is 0 Å². The lowest BCUT2D eigenvalue weighted by Crippen LogP contribution is -2.46. The predicted molar refractivity (Wildman–Crippen MR) is 88.5 cm³/mol. The summed E-state index contributed by atoms with van der Waals surface area (Å²) in [6.45, 7) is 10.7. The molecule has 1 heterocycles. The second kappa shape index (κ2) is 8.52. The van der Waals surface area contributed by atoms with Crippen molar-refractivity contribution in [3.05, 3.63) is 35.9 Å². The minimum absolute atomic E-state index is 0.333. The molecular formula is C18H30N2O. The fraction of sp³-hybridized carbons (Fsp3) is 0.667. The summed E-state index contributed by atoms with van der Waals surface area (Å²) in [5.41, 5.74) is 1.39. The molecule has 1 fully saturated rings. The number of ether oxygens (including phenoxy) is 1. The number of hydrogen-bond donors (Lipinski definition) is 1. The van der Waals surface area contributed by atoms with Crippen molar-refractivity contribution < 1.29 is 4.74 Å². The lowest BCUT2D eigenvalue weighted by atomic mass is 9.95. The maximum Gasteiger partial charge on any atom is 0.0674 e. The minimum Gasteiger partial charge on any atom is -0.377 e. The monoisotopic (exact) mass is 290 g/mol. The topological polar surface area (TPSA) is 24.5 Å². The Morgan fingerprint density at radius 3 is 2.71 bits per heavy atom. The highest BCUT2D eigenvalue weighted by Crippen LogP contribution is 2.25. The molecule has 1 aliphatic rings. The van der Waals surface area contributed by atoms with Gasteiger partial charge in [0.15, 0.2) is 0 Å². The van der Waals surface area contributed by atoms with Gasteiger partial charge in [-0.3, -0.25) is 4.90 Å². The SMILES string of the molecule is CCNC(c1ccccc1)C(CC)N1CCCOC(C)C1.